The Labute approximate surface area is 152 Å². The highest BCUT2D eigenvalue weighted by molar-refractivity contribution is 5.99. The van der Waals surface area contributed by atoms with Gasteiger partial charge >= 0.3 is 18.1 Å². The maximum absolute atomic E-state index is 13.1. The lowest BCUT2D eigenvalue weighted by Crippen LogP contribution is -2.17. The molecule has 0 aliphatic carbocycles. The highest BCUT2D eigenvalue weighted by Gasteiger charge is 2.31. The molecule has 0 fully saturated rings. The minimum atomic E-state index is -4.60. The van der Waals surface area contributed by atoms with Crippen LogP contribution in [0.3, 0.4) is 0 Å². The van der Waals surface area contributed by atoms with Crippen molar-refractivity contribution < 1.29 is 32.2 Å². The van der Waals surface area contributed by atoms with Crippen LogP contribution in [0.4, 0.5) is 18.9 Å². The van der Waals surface area contributed by atoms with Crippen LogP contribution in [0.5, 0.6) is 0 Å². The standard InChI is InChI=1S/C17H16F3N3O4/c1-10-21-6-7-23(10)14-5-4-11(17(18,19)20)8-12(14)22-13(16(25)27-3)9-15(24)26-2/h4-9,22H,1-3H3/b13-9+. The first kappa shape index (κ1) is 20.0. The van der Waals surface area contributed by atoms with Crippen molar-refractivity contribution in [2.45, 2.75) is 13.1 Å². The number of carbonyl (C=O) groups excluding carboxylic acids is 2. The van der Waals surface area contributed by atoms with Crippen molar-refractivity contribution >= 4 is 17.6 Å². The molecule has 0 saturated heterocycles. The number of carbonyl (C=O) groups is 2. The van der Waals surface area contributed by atoms with Gasteiger partial charge in [-0.25, -0.2) is 14.6 Å². The molecule has 1 aromatic carbocycles. The zero-order valence-corrected chi connectivity index (χ0v) is 14.6. The van der Waals surface area contributed by atoms with Crippen LogP contribution in [0.1, 0.15) is 11.4 Å². The number of hydrogen-bond acceptors (Lipinski definition) is 6. The van der Waals surface area contributed by atoms with Gasteiger partial charge in [0, 0.05) is 12.4 Å². The number of aromatic nitrogens is 2. The van der Waals surface area contributed by atoms with Crippen LogP contribution in [0.2, 0.25) is 0 Å². The molecular formula is C17H16F3N3O4. The van der Waals surface area contributed by atoms with E-state index in [-0.39, 0.29) is 17.1 Å². The lowest BCUT2D eigenvalue weighted by molar-refractivity contribution is -0.138. The Morgan fingerprint density at radius 1 is 1.22 bits per heavy atom. The van der Waals surface area contributed by atoms with Gasteiger partial charge in [-0.1, -0.05) is 0 Å². The third-order valence-electron chi connectivity index (χ3n) is 3.55. The molecule has 144 valence electrons. The molecule has 7 nitrogen and oxygen atoms in total. The van der Waals surface area contributed by atoms with Gasteiger partial charge in [0.25, 0.3) is 0 Å². The van der Waals surface area contributed by atoms with Crippen LogP contribution < -0.4 is 5.32 Å². The van der Waals surface area contributed by atoms with Gasteiger partial charge in [0.1, 0.15) is 11.5 Å². The van der Waals surface area contributed by atoms with Gasteiger partial charge in [-0.15, -0.1) is 0 Å². The van der Waals surface area contributed by atoms with Crippen molar-refractivity contribution in [3.05, 3.63) is 53.8 Å². The topological polar surface area (TPSA) is 82.5 Å². The number of nitrogens with zero attached hydrogens (tertiary/aromatic N) is 2. The summed E-state index contributed by atoms with van der Waals surface area (Å²) in [5, 5.41) is 2.53. The second kappa shape index (κ2) is 7.94. The second-order valence-corrected chi connectivity index (χ2v) is 5.27. The molecule has 1 aromatic heterocycles. The Morgan fingerprint density at radius 3 is 2.44 bits per heavy atom. The Balaban J connectivity index is 2.60. The number of aryl methyl sites for hydroxylation is 1. The van der Waals surface area contributed by atoms with Crippen LogP contribution in [-0.2, 0) is 25.2 Å². The van der Waals surface area contributed by atoms with E-state index in [1.807, 2.05) is 0 Å². The van der Waals surface area contributed by atoms with Crippen molar-refractivity contribution in [2.24, 2.45) is 0 Å². The first-order valence-corrected chi connectivity index (χ1v) is 7.54. The molecule has 0 saturated carbocycles. The minimum absolute atomic E-state index is 0.0773. The van der Waals surface area contributed by atoms with E-state index in [0.29, 0.717) is 5.82 Å². The van der Waals surface area contributed by atoms with E-state index in [0.717, 1.165) is 32.4 Å². The van der Waals surface area contributed by atoms with Gasteiger partial charge in [-0.05, 0) is 25.1 Å². The van der Waals surface area contributed by atoms with Gasteiger partial charge in [-0.3, -0.25) is 0 Å². The lowest BCUT2D eigenvalue weighted by atomic mass is 10.1. The first-order chi connectivity index (χ1) is 12.7. The van der Waals surface area contributed by atoms with Crippen LogP contribution in [0, 0.1) is 6.92 Å². The fourth-order valence-corrected chi connectivity index (χ4v) is 2.23. The van der Waals surface area contributed by atoms with Crippen LogP contribution in [0.25, 0.3) is 5.69 Å². The van der Waals surface area contributed by atoms with Crippen LogP contribution in [-0.4, -0.2) is 35.7 Å². The summed E-state index contributed by atoms with van der Waals surface area (Å²) in [5.41, 5.74) is -1.11. The highest BCUT2D eigenvalue weighted by atomic mass is 19.4. The van der Waals surface area contributed by atoms with Crippen molar-refractivity contribution in [1.82, 2.24) is 9.55 Å². The van der Waals surface area contributed by atoms with Gasteiger partial charge in [0.15, 0.2) is 0 Å². The third kappa shape index (κ3) is 4.66. The summed E-state index contributed by atoms with van der Waals surface area (Å²) in [4.78, 5) is 27.4. The molecule has 1 N–H and O–H groups in total. The van der Waals surface area contributed by atoms with E-state index in [4.69, 9.17) is 0 Å². The molecule has 0 spiro atoms. The third-order valence-corrected chi connectivity index (χ3v) is 3.55. The number of esters is 2. The zero-order valence-electron chi connectivity index (χ0n) is 14.6. The number of imidazole rings is 1. The molecule has 1 heterocycles. The summed E-state index contributed by atoms with van der Waals surface area (Å²) in [5.74, 6) is -1.32. The van der Waals surface area contributed by atoms with Gasteiger partial charge < -0.3 is 19.4 Å². The number of hydrogen-bond donors (Lipinski definition) is 1. The van der Waals surface area contributed by atoms with E-state index in [9.17, 15) is 22.8 Å². The van der Waals surface area contributed by atoms with Gasteiger partial charge in [0.2, 0.25) is 0 Å². The van der Waals surface area contributed by atoms with Crippen molar-refractivity contribution in [3.63, 3.8) is 0 Å². The molecule has 2 rings (SSSR count). The normalized spacial score (nSPS) is 11.9. The number of halogens is 3. The Hall–Kier alpha value is -3.30. The van der Waals surface area contributed by atoms with E-state index in [1.54, 1.807) is 13.1 Å². The molecule has 0 atom stereocenters. The molecule has 0 aliphatic heterocycles. The fraction of sp³-hybridized carbons (Fsp3) is 0.235. The monoisotopic (exact) mass is 383 g/mol. The summed E-state index contributed by atoms with van der Waals surface area (Å²) in [6.45, 7) is 1.66. The number of anilines is 1. The number of ether oxygens (including phenoxy) is 2. The largest absolute Gasteiger partial charge is 0.466 e. The molecule has 27 heavy (non-hydrogen) atoms. The summed E-state index contributed by atoms with van der Waals surface area (Å²) >= 11 is 0. The van der Waals surface area contributed by atoms with E-state index >= 15 is 0 Å². The average Bonchev–Trinajstić information content (AvgIpc) is 3.05. The average molecular weight is 383 g/mol. The quantitative estimate of drug-likeness (QED) is 0.632. The van der Waals surface area contributed by atoms with E-state index < -0.39 is 23.7 Å². The Morgan fingerprint density at radius 2 is 1.93 bits per heavy atom. The maximum atomic E-state index is 13.1. The Kier molecular flexibility index (Phi) is 5.88. The summed E-state index contributed by atoms with van der Waals surface area (Å²) < 4.78 is 49.9. The predicted molar refractivity (Wildman–Crippen MR) is 89.0 cm³/mol. The van der Waals surface area contributed by atoms with Crippen molar-refractivity contribution in [2.75, 3.05) is 19.5 Å². The number of methoxy groups -OCH3 is 2. The highest BCUT2D eigenvalue weighted by Crippen LogP contribution is 2.34. The predicted octanol–water partition coefficient (Wildman–Crippen LogP) is 2.84. The van der Waals surface area contributed by atoms with Crippen molar-refractivity contribution in [1.29, 1.82) is 0 Å². The molecule has 0 bridgehead atoms. The first-order valence-electron chi connectivity index (χ1n) is 7.54. The molecular weight excluding hydrogens is 367 g/mol. The SMILES string of the molecule is COC(=O)/C=C(/Nc1cc(C(F)(F)F)ccc1-n1ccnc1C)C(=O)OC. The van der Waals surface area contributed by atoms with Crippen LogP contribution in [0.15, 0.2) is 42.4 Å². The molecule has 0 amide bonds. The minimum Gasteiger partial charge on any atom is -0.466 e. The Bertz CT molecular complexity index is 888. The number of rotatable bonds is 5. The number of alkyl halides is 3. The molecule has 2 aromatic rings. The second-order valence-electron chi connectivity index (χ2n) is 5.27. The van der Waals surface area contributed by atoms with Gasteiger partial charge in [0.05, 0.1) is 37.2 Å². The molecule has 10 heteroatoms. The number of benzene rings is 1. The summed E-state index contributed by atoms with van der Waals surface area (Å²) in [6, 6.07) is 2.96. The van der Waals surface area contributed by atoms with Gasteiger partial charge in [-0.2, -0.15) is 13.2 Å². The molecule has 0 unspecified atom stereocenters. The smallest absolute Gasteiger partial charge is 0.416 e. The van der Waals surface area contributed by atoms with Crippen LogP contribution >= 0.6 is 0 Å². The van der Waals surface area contributed by atoms with E-state index in [2.05, 4.69) is 19.8 Å². The van der Waals surface area contributed by atoms with E-state index in [1.165, 1.54) is 16.8 Å². The number of nitrogens with one attached hydrogen (secondary N) is 1. The zero-order chi connectivity index (χ0) is 20.2. The molecule has 0 radical (unpaired) electrons. The summed E-state index contributed by atoms with van der Waals surface area (Å²) in [6.07, 6.45) is -0.791. The summed E-state index contributed by atoms with van der Waals surface area (Å²) in [7, 11) is 2.17. The fourth-order valence-electron chi connectivity index (χ4n) is 2.23. The molecule has 0 aliphatic rings. The van der Waals surface area contributed by atoms with Crippen molar-refractivity contribution in [3.8, 4) is 5.69 Å². The lowest BCUT2D eigenvalue weighted by Gasteiger charge is -2.17. The maximum Gasteiger partial charge on any atom is 0.416 e.